The van der Waals surface area contributed by atoms with Gasteiger partial charge in [-0.1, -0.05) is 13.8 Å². The summed E-state index contributed by atoms with van der Waals surface area (Å²) >= 11 is 0. The van der Waals surface area contributed by atoms with Gasteiger partial charge in [0.25, 0.3) is 5.91 Å². The molecule has 0 bridgehead atoms. The molecule has 0 aromatic rings. The summed E-state index contributed by atoms with van der Waals surface area (Å²) in [5, 5.41) is 8.41. The van der Waals surface area contributed by atoms with Gasteiger partial charge in [0.1, 0.15) is 0 Å². The first-order chi connectivity index (χ1) is 6.63. The molecular weight excluding hydrogens is 180 g/mol. The minimum absolute atomic E-state index is 0.311. The van der Waals surface area contributed by atoms with Crippen molar-refractivity contribution >= 4 is 5.91 Å². The number of likely N-dealkylation sites (tertiary alicyclic amines) is 1. The van der Waals surface area contributed by atoms with Gasteiger partial charge in [-0.3, -0.25) is 14.9 Å². The second kappa shape index (κ2) is 5.32. The molecule has 0 aliphatic carbocycles. The SMILES string of the molecule is CC(C)C1CCCN(CC(=O)NO)C1. The first-order valence-electron chi connectivity index (χ1n) is 5.28. The molecule has 0 saturated carbocycles. The van der Waals surface area contributed by atoms with E-state index in [0.717, 1.165) is 19.5 Å². The van der Waals surface area contributed by atoms with Crippen LogP contribution in [-0.2, 0) is 4.79 Å². The zero-order valence-corrected chi connectivity index (χ0v) is 8.99. The van der Waals surface area contributed by atoms with Crippen LogP contribution >= 0.6 is 0 Å². The summed E-state index contributed by atoms with van der Waals surface area (Å²) < 4.78 is 0. The number of carbonyl (C=O) groups is 1. The molecule has 0 spiro atoms. The zero-order valence-electron chi connectivity index (χ0n) is 8.99. The van der Waals surface area contributed by atoms with Crippen molar-refractivity contribution in [1.29, 1.82) is 0 Å². The Morgan fingerprint density at radius 2 is 2.36 bits per heavy atom. The van der Waals surface area contributed by atoms with Gasteiger partial charge in [-0.05, 0) is 31.2 Å². The van der Waals surface area contributed by atoms with Crippen LogP contribution in [0, 0.1) is 11.8 Å². The second-order valence-corrected chi connectivity index (χ2v) is 4.42. The van der Waals surface area contributed by atoms with Gasteiger partial charge >= 0.3 is 0 Å². The lowest BCUT2D eigenvalue weighted by atomic mass is 9.88. The van der Waals surface area contributed by atoms with Crippen LogP contribution in [0.1, 0.15) is 26.7 Å². The first kappa shape index (κ1) is 11.5. The zero-order chi connectivity index (χ0) is 10.6. The molecule has 1 aliphatic rings. The second-order valence-electron chi connectivity index (χ2n) is 4.42. The summed E-state index contributed by atoms with van der Waals surface area (Å²) in [7, 11) is 0. The Bertz CT molecular complexity index is 195. The number of carbonyl (C=O) groups excluding carboxylic acids is 1. The van der Waals surface area contributed by atoms with E-state index in [4.69, 9.17) is 5.21 Å². The van der Waals surface area contributed by atoms with E-state index >= 15 is 0 Å². The molecule has 1 rings (SSSR count). The molecule has 4 heteroatoms. The Morgan fingerprint density at radius 3 is 2.93 bits per heavy atom. The molecule has 4 nitrogen and oxygen atoms in total. The van der Waals surface area contributed by atoms with Gasteiger partial charge in [0.2, 0.25) is 0 Å². The van der Waals surface area contributed by atoms with Crippen LogP contribution in [0.3, 0.4) is 0 Å². The van der Waals surface area contributed by atoms with Crippen LogP contribution in [0.15, 0.2) is 0 Å². The summed E-state index contributed by atoms with van der Waals surface area (Å²) in [5.41, 5.74) is 1.68. The highest BCUT2D eigenvalue weighted by atomic mass is 16.5. The van der Waals surface area contributed by atoms with Crippen LogP contribution in [0.25, 0.3) is 0 Å². The number of hydrogen-bond acceptors (Lipinski definition) is 3. The molecular formula is C10H20N2O2. The van der Waals surface area contributed by atoms with E-state index in [1.165, 1.54) is 6.42 Å². The van der Waals surface area contributed by atoms with Crippen molar-refractivity contribution in [1.82, 2.24) is 10.4 Å². The molecule has 82 valence electrons. The van der Waals surface area contributed by atoms with Gasteiger partial charge in [-0.15, -0.1) is 0 Å². The number of rotatable bonds is 3. The number of hydrogen-bond donors (Lipinski definition) is 2. The maximum atomic E-state index is 11.0. The number of piperidine rings is 1. The summed E-state index contributed by atoms with van der Waals surface area (Å²) in [6.07, 6.45) is 2.41. The molecule has 1 amide bonds. The summed E-state index contributed by atoms with van der Waals surface area (Å²) in [6, 6.07) is 0. The predicted octanol–water partition coefficient (Wildman–Crippen LogP) is 0.860. The molecule has 0 aromatic carbocycles. The molecule has 1 fully saturated rings. The van der Waals surface area contributed by atoms with Crippen LogP contribution in [0.2, 0.25) is 0 Å². The summed E-state index contributed by atoms with van der Waals surface area (Å²) in [4.78, 5) is 13.1. The molecule has 0 radical (unpaired) electrons. The highest BCUT2D eigenvalue weighted by molar-refractivity contribution is 5.76. The Hall–Kier alpha value is -0.610. The smallest absolute Gasteiger partial charge is 0.257 e. The van der Waals surface area contributed by atoms with E-state index < -0.39 is 0 Å². The van der Waals surface area contributed by atoms with E-state index in [0.29, 0.717) is 18.4 Å². The summed E-state index contributed by atoms with van der Waals surface area (Å²) in [5.74, 6) is 1.06. The topological polar surface area (TPSA) is 52.6 Å². The monoisotopic (exact) mass is 200 g/mol. The fourth-order valence-corrected chi connectivity index (χ4v) is 2.02. The Labute approximate surface area is 85.2 Å². The van der Waals surface area contributed by atoms with Gasteiger partial charge in [0, 0.05) is 6.54 Å². The van der Waals surface area contributed by atoms with Crippen LogP contribution in [0.4, 0.5) is 0 Å². The average molecular weight is 200 g/mol. The number of nitrogens with zero attached hydrogens (tertiary/aromatic N) is 1. The molecule has 2 N–H and O–H groups in total. The molecule has 1 heterocycles. The third kappa shape index (κ3) is 3.27. The molecule has 1 saturated heterocycles. The predicted molar refractivity (Wildman–Crippen MR) is 53.9 cm³/mol. The van der Waals surface area contributed by atoms with Crippen molar-refractivity contribution < 1.29 is 10.0 Å². The third-order valence-corrected chi connectivity index (χ3v) is 2.98. The van der Waals surface area contributed by atoms with E-state index in [-0.39, 0.29) is 5.91 Å². The maximum absolute atomic E-state index is 11.0. The highest BCUT2D eigenvalue weighted by Gasteiger charge is 2.23. The fraction of sp³-hybridized carbons (Fsp3) is 0.900. The van der Waals surface area contributed by atoms with Gasteiger partial charge < -0.3 is 0 Å². The van der Waals surface area contributed by atoms with Gasteiger partial charge in [0.05, 0.1) is 6.54 Å². The van der Waals surface area contributed by atoms with Crippen molar-refractivity contribution in [2.24, 2.45) is 11.8 Å². The lowest BCUT2D eigenvalue weighted by molar-refractivity contribution is -0.130. The minimum atomic E-state index is -0.311. The molecule has 1 unspecified atom stereocenters. The minimum Gasteiger partial charge on any atom is -0.294 e. The highest BCUT2D eigenvalue weighted by Crippen LogP contribution is 2.22. The van der Waals surface area contributed by atoms with Crippen LogP contribution in [0.5, 0.6) is 0 Å². The van der Waals surface area contributed by atoms with Crippen molar-refractivity contribution in [3.05, 3.63) is 0 Å². The van der Waals surface area contributed by atoms with Gasteiger partial charge in [0.15, 0.2) is 0 Å². The normalized spacial score (nSPS) is 23.9. The van der Waals surface area contributed by atoms with Crippen molar-refractivity contribution in [2.45, 2.75) is 26.7 Å². The van der Waals surface area contributed by atoms with Crippen LogP contribution < -0.4 is 5.48 Å². The largest absolute Gasteiger partial charge is 0.294 e. The standard InChI is InChI=1S/C10H20N2O2/c1-8(2)9-4-3-5-12(6-9)7-10(13)11-14/h8-9,14H,3-7H2,1-2H3,(H,11,13). The maximum Gasteiger partial charge on any atom is 0.257 e. The molecule has 0 aromatic heterocycles. The number of amides is 1. The molecule has 1 aliphatic heterocycles. The fourth-order valence-electron chi connectivity index (χ4n) is 2.02. The first-order valence-corrected chi connectivity index (χ1v) is 5.28. The van der Waals surface area contributed by atoms with E-state index in [1.54, 1.807) is 5.48 Å². The van der Waals surface area contributed by atoms with Crippen molar-refractivity contribution in [3.8, 4) is 0 Å². The van der Waals surface area contributed by atoms with Crippen LogP contribution in [-0.4, -0.2) is 35.6 Å². The third-order valence-electron chi connectivity index (χ3n) is 2.98. The Balaban J connectivity index is 2.36. The van der Waals surface area contributed by atoms with E-state index in [1.807, 2.05) is 0 Å². The molecule has 1 atom stereocenters. The summed E-state index contributed by atoms with van der Waals surface area (Å²) in [6.45, 7) is 6.71. The van der Waals surface area contributed by atoms with Gasteiger partial charge in [-0.2, -0.15) is 0 Å². The van der Waals surface area contributed by atoms with E-state index in [9.17, 15) is 4.79 Å². The quantitative estimate of drug-likeness (QED) is 0.525. The van der Waals surface area contributed by atoms with E-state index in [2.05, 4.69) is 18.7 Å². The Kier molecular flexibility index (Phi) is 4.35. The van der Waals surface area contributed by atoms with Crippen molar-refractivity contribution in [2.75, 3.05) is 19.6 Å². The van der Waals surface area contributed by atoms with Crippen molar-refractivity contribution in [3.63, 3.8) is 0 Å². The van der Waals surface area contributed by atoms with Gasteiger partial charge in [-0.25, -0.2) is 5.48 Å². The molecule has 14 heavy (non-hydrogen) atoms. The average Bonchev–Trinajstić information content (AvgIpc) is 2.18. The number of hydroxylamine groups is 1. The number of nitrogens with one attached hydrogen (secondary N) is 1. The lowest BCUT2D eigenvalue weighted by Gasteiger charge is -2.34. The lowest BCUT2D eigenvalue weighted by Crippen LogP contribution is -2.42. The Morgan fingerprint density at radius 1 is 1.64 bits per heavy atom.